The molecule has 0 fully saturated rings. The highest BCUT2D eigenvalue weighted by Crippen LogP contribution is 2.34. The summed E-state index contributed by atoms with van der Waals surface area (Å²) >= 11 is 19.0. The summed E-state index contributed by atoms with van der Waals surface area (Å²) < 4.78 is -1.55. The molecule has 1 atom stereocenters. The van der Waals surface area contributed by atoms with E-state index in [0.717, 1.165) is 5.56 Å². The molecule has 0 saturated carbocycles. The second-order valence-electron chi connectivity index (χ2n) is 3.52. The van der Waals surface area contributed by atoms with Crippen molar-refractivity contribution in [1.82, 2.24) is 5.32 Å². The lowest BCUT2D eigenvalue weighted by molar-refractivity contribution is 0.717. The van der Waals surface area contributed by atoms with Crippen LogP contribution in [0.25, 0.3) is 0 Å². The van der Waals surface area contributed by atoms with Crippen molar-refractivity contribution < 1.29 is 0 Å². The summed E-state index contributed by atoms with van der Waals surface area (Å²) in [5.74, 6) is 0.659. The Morgan fingerprint density at radius 1 is 1.17 bits per heavy atom. The van der Waals surface area contributed by atoms with Gasteiger partial charge in [-0.2, -0.15) is 0 Å². The van der Waals surface area contributed by atoms with E-state index in [9.17, 15) is 0 Å². The van der Waals surface area contributed by atoms with Crippen LogP contribution in [0.4, 0.5) is 0 Å². The number of alkyl halides is 3. The molecule has 1 aliphatic heterocycles. The van der Waals surface area contributed by atoms with Crippen LogP contribution in [0.1, 0.15) is 5.56 Å². The predicted molar refractivity (Wildman–Crippen MR) is 81.1 cm³/mol. The number of amidine groups is 2. The lowest BCUT2D eigenvalue weighted by Gasteiger charge is -2.24. The summed E-state index contributed by atoms with van der Waals surface area (Å²) in [4.78, 5) is 8.56. The van der Waals surface area contributed by atoms with Crippen LogP contribution in [0.15, 0.2) is 40.3 Å². The maximum absolute atomic E-state index is 5.87. The zero-order valence-electron chi connectivity index (χ0n) is 9.40. The smallest absolute Gasteiger partial charge is 0.232 e. The van der Waals surface area contributed by atoms with Crippen molar-refractivity contribution in [3.05, 3.63) is 35.9 Å². The van der Waals surface area contributed by atoms with Crippen molar-refractivity contribution in [3.8, 4) is 0 Å². The fraction of sp³-hybridized carbons (Fsp3) is 0.273. The van der Waals surface area contributed by atoms with Crippen LogP contribution >= 0.6 is 46.6 Å². The molecule has 1 aliphatic rings. The number of nitrogens with one attached hydrogen (secondary N) is 1. The van der Waals surface area contributed by atoms with Crippen LogP contribution in [0.5, 0.6) is 0 Å². The number of rotatable bonds is 1. The van der Waals surface area contributed by atoms with E-state index >= 15 is 0 Å². The summed E-state index contributed by atoms with van der Waals surface area (Å²) in [6, 6.07) is 9.65. The quantitative estimate of drug-likeness (QED) is 0.804. The molecule has 1 aromatic carbocycles. The third-order valence-electron chi connectivity index (χ3n) is 2.25. The molecule has 1 aromatic rings. The maximum atomic E-state index is 5.87. The zero-order valence-corrected chi connectivity index (χ0v) is 12.5. The van der Waals surface area contributed by atoms with Crippen LogP contribution in [-0.4, -0.2) is 27.2 Å². The van der Waals surface area contributed by atoms with Gasteiger partial charge in [-0.3, -0.25) is 0 Å². The molecule has 0 bridgehead atoms. The van der Waals surface area contributed by atoms with E-state index in [1.54, 1.807) is 0 Å². The molecule has 1 heterocycles. The van der Waals surface area contributed by atoms with Crippen LogP contribution in [0.3, 0.4) is 0 Å². The van der Waals surface area contributed by atoms with E-state index in [2.05, 4.69) is 15.3 Å². The Kier molecular flexibility index (Phi) is 4.43. The van der Waals surface area contributed by atoms with Gasteiger partial charge in [0.2, 0.25) is 3.79 Å². The molecule has 7 heteroatoms. The van der Waals surface area contributed by atoms with E-state index in [1.165, 1.54) is 11.8 Å². The lowest BCUT2D eigenvalue weighted by atomic mass is 10.2. The molecule has 3 nitrogen and oxygen atoms in total. The number of nitrogens with zero attached hydrogens (tertiary/aromatic N) is 2. The third-order valence-corrected chi connectivity index (χ3v) is 3.43. The van der Waals surface area contributed by atoms with Gasteiger partial charge in [0.25, 0.3) is 0 Å². The Balaban J connectivity index is 2.35. The maximum Gasteiger partial charge on any atom is 0.232 e. The van der Waals surface area contributed by atoms with Crippen molar-refractivity contribution in [2.45, 2.75) is 9.96 Å². The molecule has 0 radical (unpaired) electrons. The van der Waals surface area contributed by atoms with Crippen molar-refractivity contribution >= 4 is 57.6 Å². The van der Waals surface area contributed by atoms with E-state index < -0.39 is 9.96 Å². The molecule has 0 spiro atoms. The molecular weight excluding hydrogens is 313 g/mol. The highest BCUT2D eigenvalue weighted by molar-refractivity contribution is 8.13. The topological polar surface area (TPSA) is 36.8 Å². The van der Waals surface area contributed by atoms with Crippen LogP contribution in [-0.2, 0) is 0 Å². The number of aliphatic imine (C=N–C) groups is 2. The van der Waals surface area contributed by atoms with Crippen molar-refractivity contribution in [1.29, 1.82) is 0 Å². The molecule has 0 unspecified atom stereocenters. The Hall–Kier alpha value is -0.420. The average Bonchev–Trinajstić information content (AvgIpc) is 2.38. The van der Waals surface area contributed by atoms with Gasteiger partial charge in [0, 0.05) is 5.56 Å². The first-order valence-electron chi connectivity index (χ1n) is 5.09. The minimum Gasteiger partial charge on any atom is -0.319 e. The highest BCUT2D eigenvalue weighted by atomic mass is 35.6. The zero-order chi connectivity index (χ0) is 13.2. The Morgan fingerprint density at radius 2 is 1.83 bits per heavy atom. The molecule has 0 amide bonds. The Morgan fingerprint density at radius 3 is 2.39 bits per heavy atom. The first-order chi connectivity index (χ1) is 8.50. The van der Waals surface area contributed by atoms with E-state index in [4.69, 9.17) is 34.8 Å². The fourth-order valence-corrected chi connectivity index (χ4v) is 2.12. The van der Waals surface area contributed by atoms with E-state index in [-0.39, 0.29) is 0 Å². The largest absolute Gasteiger partial charge is 0.319 e. The molecule has 0 aromatic heterocycles. The number of hydrogen-bond acceptors (Lipinski definition) is 4. The van der Waals surface area contributed by atoms with Crippen LogP contribution in [0, 0.1) is 0 Å². The van der Waals surface area contributed by atoms with Crippen molar-refractivity contribution in [2.24, 2.45) is 9.98 Å². The fourth-order valence-electron chi connectivity index (χ4n) is 1.42. The van der Waals surface area contributed by atoms with Crippen LogP contribution < -0.4 is 5.32 Å². The van der Waals surface area contributed by atoms with Gasteiger partial charge in [0.1, 0.15) is 5.84 Å². The van der Waals surface area contributed by atoms with E-state index in [1.807, 2.05) is 36.6 Å². The second-order valence-corrected chi connectivity index (χ2v) is 6.69. The molecule has 1 N–H and O–H groups in total. The Labute approximate surface area is 125 Å². The summed E-state index contributed by atoms with van der Waals surface area (Å²) in [6.07, 6.45) is 1.16. The van der Waals surface area contributed by atoms with Crippen molar-refractivity contribution in [3.63, 3.8) is 0 Å². The minimum absolute atomic E-state index is 0.659. The molecule has 96 valence electrons. The van der Waals surface area contributed by atoms with E-state index in [0.29, 0.717) is 11.0 Å². The van der Waals surface area contributed by atoms with Gasteiger partial charge >= 0.3 is 0 Å². The van der Waals surface area contributed by atoms with Gasteiger partial charge in [-0.05, 0) is 6.26 Å². The third kappa shape index (κ3) is 3.32. The Bertz CT molecular complexity index is 482. The van der Waals surface area contributed by atoms with Gasteiger partial charge in [-0.25, -0.2) is 9.98 Å². The van der Waals surface area contributed by atoms with Gasteiger partial charge in [0.15, 0.2) is 11.3 Å². The van der Waals surface area contributed by atoms with Gasteiger partial charge < -0.3 is 5.32 Å². The molecular formula is C11H10Cl3N3S. The second kappa shape index (κ2) is 5.70. The number of halogens is 3. The molecule has 0 aliphatic carbocycles. The molecule has 0 saturated heterocycles. The van der Waals surface area contributed by atoms with Gasteiger partial charge in [0.05, 0.1) is 0 Å². The molecule has 18 heavy (non-hydrogen) atoms. The van der Waals surface area contributed by atoms with Gasteiger partial charge in [-0.15, -0.1) is 0 Å². The summed E-state index contributed by atoms with van der Waals surface area (Å²) in [5.41, 5.74) is 0.929. The normalized spacial score (nSPS) is 19.9. The number of thioether (sulfide) groups is 1. The highest BCUT2D eigenvalue weighted by Gasteiger charge is 2.35. The average molecular weight is 323 g/mol. The summed E-state index contributed by atoms with van der Waals surface area (Å²) in [6.45, 7) is 0. The first kappa shape index (κ1) is 14.0. The molecule has 2 rings (SSSR count). The minimum atomic E-state index is -1.55. The lowest BCUT2D eigenvalue weighted by Crippen LogP contribution is -2.39. The van der Waals surface area contributed by atoms with Crippen molar-refractivity contribution in [2.75, 3.05) is 6.26 Å². The monoisotopic (exact) mass is 321 g/mol. The first-order valence-corrected chi connectivity index (χ1v) is 7.45. The number of benzene rings is 1. The summed E-state index contributed by atoms with van der Waals surface area (Å²) in [5, 5.41) is 3.79. The predicted octanol–water partition coefficient (Wildman–Crippen LogP) is 3.45. The summed E-state index contributed by atoms with van der Waals surface area (Å²) in [7, 11) is 0. The standard InChI is InChI=1S/C11H10Cl3N3S/c1-18-10-16-8(7-5-3-2-4-6-7)15-9(17-10)11(12,13)14/h2-6,9H,1H3,(H,15,16,17)/t9-/m0/s1. The van der Waals surface area contributed by atoms with Crippen LogP contribution in [0.2, 0.25) is 0 Å². The number of hydrogen-bond donors (Lipinski definition) is 1. The van der Waals surface area contributed by atoms with Gasteiger partial charge in [-0.1, -0.05) is 76.9 Å². The SMILES string of the molecule is CSC1=N[C@@H](C(Cl)(Cl)Cl)N=C(c2ccccc2)N1.